The van der Waals surface area contributed by atoms with Crippen molar-refractivity contribution < 1.29 is 22.3 Å². The van der Waals surface area contributed by atoms with Crippen LogP contribution in [0, 0.1) is 18.7 Å². The molecule has 3 N–H and O–H groups in total. The summed E-state index contributed by atoms with van der Waals surface area (Å²) in [4.78, 5) is 28.7. The molecule has 2 heterocycles. The Labute approximate surface area is 168 Å². The van der Waals surface area contributed by atoms with Gasteiger partial charge in [0.05, 0.1) is 18.3 Å². The number of hydrogen-bond donors (Lipinski definition) is 2. The standard InChI is InChI=1S/C19H22F4N4O3/c1-8-13-11(17(28)25-18(29)27(13)10-3-4-10)15(30-2)12(20)14(8)26-6-5-9(7-26)16(24)19(21,22)23/h9-10,16H,3-7,24H2,1-2H3,(H,25,28,29). The lowest BCUT2D eigenvalue weighted by molar-refractivity contribution is -0.157. The Morgan fingerprint density at radius 2 is 1.90 bits per heavy atom. The second-order valence-electron chi connectivity index (χ2n) is 7.97. The monoisotopic (exact) mass is 430 g/mol. The average molecular weight is 430 g/mol. The maximum Gasteiger partial charge on any atom is 0.403 e. The van der Waals surface area contributed by atoms with E-state index < -0.39 is 35.2 Å². The first-order valence-electron chi connectivity index (χ1n) is 9.68. The van der Waals surface area contributed by atoms with Crippen LogP contribution in [-0.2, 0) is 0 Å². The van der Waals surface area contributed by atoms with Crippen molar-refractivity contribution >= 4 is 16.6 Å². The molecule has 0 spiro atoms. The van der Waals surface area contributed by atoms with E-state index in [1.165, 1.54) is 16.6 Å². The molecule has 1 aliphatic heterocycles. The third-order valence-corrected chi connectivity index (χ3v) is 6.03. The molecule has 1 saturated heterocycles. The number of fused-ring (bicyclic) bond motifs is 1. The summed E-state index contributed by atoms with van der Waals surface area (Å²) < 4.78 is 61.2. The molecule has 1 aromatic carbocycles. The molecule has 1 aliphatic carbocycles. The number of aromatic nitrogens is 2. The number of H-pyrrole nitrogens is 1. The van der Waals surface area contributed by atoms with E-state index in [-0.39, 0.29) is 47.9 Å². The van der Waals surface area contributed by atoms with Gasteiger partial charge in [-0.2, -0.15) is 13.2 Å². The molecule has 11 heteroatoms. The van der Waals surface area contributed by atoms with Crippen LogP contribution in [0.4, 0.5) is 23.2 Å². The van der Waals surface area contributed by atoms with Crippen molar-refractivity contribution in [1.82, 2.24) is 9.55 Å². The molecular weight excluding hydrogens is 408 g/mol. The Morgan fingerprint density at radius 1 is 1.23 bits per heavy atom. The van der Waals surface area contributed by atoms with Crippen LogP contribution in [0.25, 0.3) is 10.9 Å². The molecule has 4 rings (SSSR count). The number of aromatic amines is 1. The van der Waals surface area contributed by atoms with Gasteiger partial charge in [0, 0.05) is 30.6 Å². The number of nitrogens with two attached hydrogens (primary N) is 1. The second kappa shape index (κ2) is 7.00. The lowest BCUT2D eigenvalue weighted by Crippen LogP contribution is -2.44. The minimum atomic E-state index is -4.55. The van der Waals surface area contributed by atoms with E-state index in [9.17, 15) is 22.8 Å². The summed E-state index contributed by atoms with van der Waals surface area (Å²) in [5.74, 6) is -2.06. The van der Waals surface area contributed by atoms with Crippen LogP contribution in [-0.4, -0.2) is 42.0 Å². The number of halogens is 4. The number of methoxy groups -OCH3 is 1. The number of alkyl halides is 3. The zero-order valence-corrected chi connectivity index (χ0v) is 16.5. The quantitative estimate of drug-likeness (QED) is 0.726. The van der Waals surface area contributed by atoms with Crippen molar-refractivity contribution in [1.29, 1.82) is 0 Å². The van der Waals surface area contributed by atoms with Gasteiger partial charge in [-0.15, -0.1) is 0 Å². The fraction of sp³-hybridized carbons (Fsp3) is 0.579. The summed E-state index contributed by atoms with van der Waals surface area (Å²) in [6.45, 7) is 1.64. The van der Waals surface area contributed by atoms with Gasteiger partial charge in [-0.25, -0.2) is 9.18 Å². The largest absolute Gasteiger partial charge is 0.493 e. The van der Waals surface area contributed by atoms with Crippen molar-refractivity contribution in [2.75, 3.05) is 25.1 Å². The Morgan fingerprint density at radius 3 is 2.47 bits per heavy atom. The molecule has 2 atom stereocenters. The van der Waals surface area contributed by atoms with Crippen molar-refractivity contribution in [2.45, 2.75) is 44.4 Å². The molecule has 30 heavy (non-hydrogen) atoms. The normalized spacial score (nSPS) is 20.8. The van der Waals surface area contributed by atoms with Gasteiger partial charge in [-0.05, 0) is 26.2 Å². The van der Waals surface area contributed by atoms with Crippen molar-refractivity contribution in [3.05, 3.63) is 32.2 Å². The molecule has 164 valence electrons. The summed E-state index contributed by atoms with van der Waals surface area (Å²) in [5, 5.41) is -0.0783. The highest BCUT2D eigenvalue weighted by Crippen LogP contribution is 2.43. The van der Waals surface area contributed by atoms with Gasteiger partial charge >= 0.3 is 11.9 Å². The molecule has 2 fully saturated rings. The zero-order valence-electron chi connectivity index (χ0n) is 16.5. The van der Waals surface area contributed by atoms with Crippen LogP contribution in [0.5, 0.6) is 5.75 Å². The fourth-order valence-corrected chi connectivity index (χ4v) is 4.42. The number of nitrogens with zero attached hydrogens (tertiary/aromatic N) is 2. The highest BCUT2D eigenvalue weighted by molar-refractivity contribution is 5.93. The Kier molecular flexibility index (Phi) is 4.83. The van der Waals surface area contributed by atoms with Crippen LogP contribution in [0.3, 0.4) is 0 Å². The highest BCUT2D eigenvalue weighted by Gasteiger charge is 2.45. The maximum atomic E-state index is 15.4. The van der Waals surface area contributed by atoms with Crippen LogP contribution < -0.4 is 26.6 Å². The Balaban J connectivity index is 1.91. The van der Waals surface area contributed by atoms with Crippen molar-refractivity contribution in [3.63, 3.8) is 0 Å². The molecular formula is C19H22F4N4O3. The molecule has 0 amide bonds. The number of benzene rings is 1. The van der Waals surface area contributed by atoms with Gasteiger partial charge in [-0.1, -0.05) is 0 Å². The van der Waals surface area contributed by atoms with Crippen molar-refractivity contribution in [3.8, 4) is 5.75 Å². The first kappa shape index (κ1) is 20.7. The summed E-state index contributed by atoms with van der Waals surface area (Å²) in [5.41, 5.74) is 4.61. The van der Waals surface area contributed by atoms with Gasteiger partial charge < -0.3 is 15.4 Å². The highest BCUT2D eigenvalue weighted by atomic mass is 19.4. The van der Waals surface area contributed by atoms with Gasteiger partial charge in [0.1, 0.15) is 11.4 Å². The first-order chi connectivity index (χ1) is 14.1. The van der Waals surface area contributed by atoms with E-state index in [2.05, 4.69) is 4.98 Å². The summed E-state index contributed by atoms with van der Waals surface area (Å²) in [7, 11) is 1.20. The molecule has 1 saturated carbocycles. The molecule has 2 unspecified atom stereocenters. The maximum absolute atomic E-state index is 15.4. The van der Waals surface area contributed by atoms with E-state index in [0.29, 0.717) is 5.56 Å². The molecule has 2 aromatic rings. The van der Waals surface area contributed by atoms with E-state index in [1.807, 2.05) is 0 Å². The third kappa shape index (κ3) is 3.15. The minimum absolute atomic E-state index is 0.0376. The lowest BCUT2D eigenvalue weighted by atomic mass is 9.99. The number of rotatable bonds is 4. The fourth-order valence-electron chi connectivity index (χ4n) is 4.42. The minimum Gasteiger partial charge on any atom is -0.493 e. The number of ether oxygens (including phenoxy) is 1. The average Bonchev–Trinajstić information content (AvgIpc) is 3.38. The zero-order chi connectivity index (χ0) is 22.0. The number of hydrogen-bond acceptors (Lipinski definition) is 5. The molecule has 0 bridgehead atoms. The first-order valence-corrected chi connectivity index (χ1v) is 9.68. The number of aryl methyl sites for hydroxylation is 1. The predicted molar refractivity (Wildman–Crippen MR) is 103 cm³/mol. The van der Waals surface area contributed by atoms with Crippen LogP contribution in [0.2, 0.25) is 0 Å². The summed E-state index contributed by atoms with van der Waals surface area (Å²) in [6, 6.07) is -2.13. The Bertz CT molecular complexity index is 1120. The van der Waals surface area contributed by atoms with E-state index in [1.54, 1.807) is 6.92 Å². The van der Waals surface area contributed by atoms with Gasteiger partial charge in [0.25, 0.3) is 5.56 Å². The SMILES string of the molecule is COc1c(F)c(N2CCC(C(N)C(F)(F)F)C2)c(C)c2c1c(=O)[nH]c(=O)n2C1CC1. The topological polar surface area (TPSA) is 93.3 Å². The van der Waals surface area contributed by atoms with Crippen LogP contribution >= 0.6 is 0 Å². The van der Waals surface area contributed by atoms with E-state index in [4.69, 9.17) is 10.5 Å². The van der Waals surface area contributed by atoms with Gasteiger partial charge in [0.15, 0.2) is 11.6 Å². The lowest BCUT2D eigenvalue weighted by Gasteiger charge is -2.26. The van der Waals surface area contributed by atoms with Crippen molar-refractivity contribution in [2.24, 2.45) is 11.7 Å². The molecule has 1 aromatic heterocycles. The van der Waals surface area contributed by atoms with Gasteiger partial charge in [-0.3, -0.25) is 14.3 Å². The molecule has 7 nitrogen and oxygen atoms in total. The number of anilines is 1. The third-order valence-electron chi connectivity index (χ3n) is 6.03. The van der Waals surface area contributed by atoms with Gasteiger partial charge in [0.2, 0.25) is 0 Å². The summed E-state index contributed by atoms with van der Waals surface area (Å²) in [6.07, 6.45) is -2.93. The second-order valence-corrected chi connectivity index (χ2v) is 7.97. The summed E-state index contributed by atoms with van der Waals surface area (Å²) >= 11 is 0. The van der Waals surface area contributed by atoms with E-state index >= 15 is 4.39 Å². The van der Waals surface area contributed by atoms with E-state index in [0.717, 1.165) is 12.8 Å². The molecule has 2 aliphatic rings. The Hall–Kier alpha value is -2.56. The smallest absolute Gasteiger partial charge is 0.403 e. The number of nitrogens with one attached hydrogen (secondary N) is 1. The van der Waals surface area contributed by atoms with Crippen LogP contribution in [0.15, 0.2) is 9.59 Å². The van der Waals surface area contributed by atoms with Crippen LogP contribution in [0.1, 0.15) is 30.9 Å². The predicted octanol–water partition coefficient (Wildman–Crippen LogP) is 2.20. The molecule has 0 radical (unpaired) electrons.